The fourth-order valence-electron chi connectivity index (χ4n) is 1.10. The van der Waals surface area contributed by atoms with E-state index in [0.717, 1.165) is 18.7 Å². The van der Waals surface area contributed by atoms with Gasteiger partial charge in [0.2, 0.25) is 0 Å². The van der Waals surface area contributed by atoms with Gasteiger partial charge in [-0.05, 0) is 44.5 Å². The molecule has 14 heavy (non-hydrogen) atoms. The summed E-state index contributed by atoms with van der Waals surface area (Å²) in [7, 11) is 0. The van der Waals surface area contributed by atoms with Crippen molar-refractivity contribution in [2.45, 2.75) is 25.8 Å². The van der Waals surface area contributed by atoms with E-state index in [1.54, 1.807) is 12.1 Å². The Kier molecular flexibility index (Phi) is 3.47. The van der Waals surface area contributed by atoms with Crippen LogP contribution in [0.25, 0.3) is 0 Å². The van der Waals surface area contributed by atoms with E-state index in [-0.39, 0.29) is 11.4 Å². The van der Waals surface area contributed by atoms with Gasteiger partial charge in [0.15, 0.2) is 0 Å². The highest BCUT2D eigenvalue weighted by molar-refractivity contribution is 5.42. The Labute approximate surface area is 84.3 Å². The van der Waals surface area contributed by atoms with E-state index >= 15 is 0 Å². The van der Waals surface area contributed by atoms with Crippen LogP contribution >= 0.6 is 0 Å². The van der Waals surface area contributed by atoms with Gasteiger partial charge in [0.1, 0.15) is 5.82 Å². The second-order valence-electron chi connectivity index (χ2n) is 4.17. The zero-order valence-electron chi connectivity index (χ0n) is 8.68. The van der Waals surface area contributed by atoms with E-state index in [0.29, 0.717) is 0 Å². The Morgan fingerprint density at radius 3 is 2.36 bits per heavy atom. The second kappa shape index (κ2) is 4.42. The lowest BCUT2D eigenvalue weighted by atomic mass is 10.0. The minimum absolute atomic E-state index is 0.160. The molecule has 3 N–H and O–H groups in total. The van der Waals surface area contributed by atoms with Crippen LogP contribution in [0.5, 0.6) is 0 Å². The Morgan fingerprint density at radius 2 is 1.86 bits per heavy atom. The zero-order valence-corrected chi connectivity index (χ0v) is 8.68. The first-order valence-electron chi connectivity index (χ1n) is 4.76. The molecule has 0 spiro atoms. The van der Waals surface area contributed by atoms with Crippen LogP contribution in [-0.4, -0.2) is 12.1 Å². The average Bonchev–Trinajstić information content (AvgIpc) is 2.06. The van der Waals surface area contributed by atoms with E-state index in [9.17, 15) is 4.39 Å². The molecule has 1 rings (SSSR count). The molecule has 0 aliphatic carbocycles. The van der Waals surface area contributed by atoms with Crippen LogP contribution in [0, 0.1) is 5.82 Å². The SMILES string of the molecule is CC(C)(N)CCNc1ccc(F)cc1. The normalized spacial score (nSPS) is 11.4. The van der Waals surface area contributed by atoms with Gasteiger partial charge in [-0.3, -0.25) is 0 Å². The van der Waals surface area contributed by atoms with Crippen molar-refractivity contribution in [1.29, 1.82) is 0 Å². The number of hydrogen-bond acceptors (Lipinski definition) is 2. The third kappa shape index (κ3) is 4.23. The maximum Gasteiger partial charge on any atom is 0.123 e. The number of hydrogen-bond donors (Lipinski definition) is 2. The van der Waals surface area contributed by atoms with Crippen LogP contribution in [0.1, 0.15) is 20.3 Å². The molecule has 0 amide bonds. The highest BCUT2D eigenvalue weighted by Crippen LogP contribution is 2.09. The van der Waals surface area contributed by atoms with Crippen molar-refractivity contribution in [3.05, 3.63) is 30.1 Å². The molecule has 0 saturated carbocycles. The van der Waals surface area contributed by atoms with Gasteiger partial charge in [-0.1, -0.05) is 0 Å². The maximum atomic E-state index is 12.6. The van der Waals surface area contributed by atoms with E-state index in [1.807, 2.05) is 13.8 Å². The van der Waals surface area contributed by atoms with Gasteiger partial charge in [-0.2, -0.15) is 0 Å². The summed E-state index contributed by atoms with van der Waals surface area (Å²) in [6.45, 7) is 4.77. The highest BCUT2D eigenvalue weighted by Gasteiger charge is 2.08. The Hall–Kier alpha value is -1.09. The highest BCUT2D eigenvalue weighted by atomic mass is 19.1. The van der Waals surface area contributed by atoms with Gasteiger partial charge in [0, 0.05) is 17.8 Å². The summed E-state index contributed by atoms with van der Waals surface area (Å²) >= 11 is 0. The molecule has 0 unspecified atom stereocenters. The summed E-state index contributed by atoms with van der Waals surface area (Å²) in [4.78, 5) is 0. The van der Waals surface area contributed by atoms with E-state index in [1.165, 1.54) is 12.1 Å². The summed E-state index contributed by atoms with van der Waals surface area (Å²) in [5.41, 5.74) is 6.59. The molecule has 0 aliphatic rings. The zero-order chi connectivity index (χ0) is 10.6. The lowest BCUT2D eigenvalue weighted by Crippen LogP contribution is -2.34. The smallest absolute Gasteiger partial charge is 0.123 e. The molecule has 0 saturated heterocycles. The van der Waals surface area contributed by atoms with E-state index in [2.05, 4.69) is 5.32 Å². The number of anilines is 1. The van der Waals surface area contributed by atoms with Gasteiger partial charge >= 0.3 is 0 Å². The third-order valence-electron chi connectivity index (χ3n) is 1.94. The largest absolute Gasteiger partial charge is 0.385 e. The summed E-state index contributed by atoms with van der Waals surface area (Å²) in [6, 6.07) is 6.32. The molecule has 2 nitrogen and oxygen atoms in total. The molecule has 0 radical (unpaired) electrons. The molecule has 0 atom stereocenters. The van der Waals surface area contributed by atoms with Gasteiger partial charge in [0.25, 0.3) is 0 Å². The fraction of sp³-hybridized carbons (Fsp3) is 0.455. The van der Waals surface area contributed by atoms with Crippen molar-refractivity contribution in [3.63, 3.8) is 0 Å². The molecule has 1 aromatic rings. The van der Waals surface area contributed by atoms with Crippen molar-refractivity contribution in [2.24, 2.45) is 5.73 Å². The molecule has 0 heterocycles. The number of halogens is 1. The fourth-order valence-corrected chi connectivity index (χ4v) is 1.10. The summed E-state index contributed by atoms with van der Waals surface area (Å²) in [6.07, 6.45) is 0.879. The summed E-state index contributed by atoms with van der Waals surface area (Å²) < 4.78 is 12.6. The first kappa shape index (κ1) is 11.0. The van der Waals surface area contributed by atoms with Crippen LogP contribution in [0.4, 0.5) is 10.1 Å². The van der Waals surface area contributed by atoms with Crippen LogP contribution in [0.3, 0.4) is 0 Å². The third-order valence-corrected chi connectivity index (χ3v) is 1.94. The second-order valence-corrected chi connectivity index (χ2v) is 4.17. The number of nitrogens with one attached hydrogen (secondary N) is 1. The summed E-state index contributed by atoms with van der Waals surface area (Å²) in [5, 5.41) is 3.18. The number of rotatable bonds is 4. The number of nitrogens with two attached hydrogens (primary N) is 1. The Bertz CT molecular complexity index is 274. The van der Waals surface area contributed by atoms with Crippen molar-refractivity contribution >= 4 is 5.69 Å². The molecule has 0 aromatic heterocycles. The van der Waals surface area contributed by atoms with E-state index in [4.69, 9.17) is 5.73 Å². The van der Waals surface area contributed by atoms with Crippen LogP contribution in [-0.2, 0) is 0 Å². The first-order chi connectivity index (χ1) is 6.47. The Balaban J connectivity index is 2.35. The molecule has 0 aliphatic heterocycles. The number of benzene rings is 1. The molecular weight excluding hydrogens is 179 g/mol. The van der Waals surface area contributed by atoms with Gasteiger partial charge < -0.3 is 11.1 Å². The molecule has 1 aromatic carbocycles. The van der Waals surface area contributed by atoms with Gasteiger partial charge in [-0.15, -0.1) is 0 Å². The molecule has 0 fully saturated rings. The lowest BCUT2D eigenvalue weighted by molar-refractivity contribution is 0.491. The van der Waals surface area contributed by atoms with Crippen LogP contribution in [0.2, 0.25) is 0 Å². The molecule has 0 bridgehead atoms. The predicted molar refractivity (Wildman–Crippen MR) is 57.8 cm³/mol. The van der Waals surface area contributed by atoms with Crippen molar-refractivity contribution in [3.8, 4) is 0 Å². The Morgan fingerprint density at radius 1 is 1.29 bits per heavy atom. The topological polar surface area (TPSA) is 38.0 Å². The summed E-state index contributed by atoms with van der Waals surface area (Å²) in [5.74, 6) is -0.213. The quantitative estimate of drug-likeness (QED) is 0.775. The predicted octanol–water partition coefficient (Wildman–Crippen LogP) is 2.37. The molecule has 3 heteroatoms. The average molecular weight is 196 g/mol. The van der Waals surface area contributed by atoms with Crippen molar-refractivity contribution < 1.29 is 4.39 Å². The monoisotopic (exact) mass is 196 g/mol. The van der Waals surface area contributed by atoms with Crippen molar-refractivity contribution in [2.75, 3.05) is 11.9 Å². The lowest BCUT2D eigenvalue weighted by Gasteiger charge is -2.18. The minimum Gasteiger partial charge on any atom is -0.385 e. The van der Waals surface area contributed by atoms with Crippen LogP contribution < -0.4 is 11.1 Å². The van der Waals surface area contributed by atoms with Gasteiger partial charge in [-0.25, -0.2) is 4.39 Å². The first-order valence-corrected chi connectivity index (χ1v) is 4.76. The standard InChI is InChI=1S/C11H17FN2/c1-11(2,13)7-8-14-10-5-3-9(12)4-6-10/h3-6,14H,7-8,13H2,1-2H3. The molecule has 78 valence electrons. The minimum atomic E-state index is -0.213. The van der Waals surface area contributed by atoms with Crippen molar-refractivity contribution in [1.82, 2.24) is 0 Å². The van der Waals surface area contributed by atoms with Crippen LogP contribution in [0.15, 0.2) is 24.3 Å². The molecular formula is C11H17FN2. The maximum absolute atomic E-state index is 12.6. The van der Waals surface area contributed by atoms with E-state index < -0.39 is 0 Å². The van der Waals surface area contributed by atoms with Gasteiger partial charge in [0.05, 0.1) is 0 Å².